The predicted octanol–water partition coefficient (Wildman–Crippen LogP) is 5.02. The lowest BCUT2D eigenvalue weighted by molar-refractivity contribution is 0.0734. The van der Waals surface area contributed by atoms with Crippen LogP contribution in [0.4, 0.5) is 0 Å². The summed E-state index contributed by atoms with van der Waals surface area (Å²) in [4.78, 5) is 24.5. The molecule has 0 fully saturated rings. The van der Waals surface area contributed by atoms with Crippen LogP contribution in [-0.2, 0) is 0 Å². The molecule has 0 radical (unpaired) electrons. The third kappa shape index (κ3) is 7.34. The van der Waals surface area contributed by atoms with Gasteiger partial charge in [0.05, 0.1) is 18.4 Å². The number of esters is 1. The van der Waals surface area contributed by atoms with Crippen LogP contribution in [0.5, 0.6) is 17.2 Å². The van der Waals surface area contributed by atoms with Crippen LogP contribution in [0.15, 0.2) is 90.6 Å². The second-order valence-corrected chi connectivity index (χ2v) is 7.15. The second kappa shape index (κ2) is 12.6. The molecule has 0 spiro atoms. The topological polar surface area (TPSA) is 86.2 Å². The number of carbonyl (C=O) groups excluding carboxylic acids is 2. The first-order chi connectivity index (χ1) is 16.6. The van der Waals surface area contributed by atoms with Crippen molar-refractivity contribution in [1.82, 2.24) is 5.43 Å². The van der Waals surface area contributed by atoms with Gasteiger partial charge in [0, 0.05) is 5.56 Å². The standard InChI is InChI=1S/C27H26N2O5/c1-3-17-32-23-13-7-21(8-14-23)26(30)29-28-19-20-5-11-25(12-6-20)34-27(31)22-9-15-24(16-10-22)33-18-4-2/h3,5-16,19H,1,4,17-18H2,2H3,(H,29,30). The highest BCUT2D eigenvalue weighted by Crippen LogP contribution is 2.17. The summed E-state index contributed by atoms with van der Waals surface area (Å²) >= 11 is 0. The van der Waals surface area contributed by atoms with Gasteiger partial charge < -0.3 is 14.2 Å². The van der Waals surface area contributed by atoms with Crippen LogP contribution in [0, 0.1) is 0 Å². The van der Waals surface area contributed by atoms with Crippen molar-refractivity contribution in [3.63, 3.8) is 0 Å². The molecule has 0 bridgehead atoms. The number of rotatable bonds is 11. The molecule has 0 saturated heterocycles. The fourth-order valence-corrected chi connectivity index (χ4v) is 2.78. The number of amides is 1. The molecule has 0 saturated carbocycles. The summed E-state index contributed by atoms with van der Waals surface area (Å²) in [6.07, 6.45) is 4.06. The average molecular weight is 459 g/mol. The van der Waals surface area contributed by atoms with Crippen LogP contribution >= 0.6 is 0 Å². The number of benzene rings is 3. The van der Waals surface area contributed by atoms with Crippen LogP contribution in [0.1, 0.15) is 39.6 Å². The number of nitrogens with one attached hydrogen (secondary N) is 1. The van der Waals surface area contributed by atoms with Crippen LogP contribution in [0.2, 0.25) is 0 Å². The van der Waals surface area contributed by atoms with E-state index in [-0.39, 0.29) is 5.91 Å². The van der Waals surface area contributed by atoms with Crippen LogP contribution in [0.25, 0.3) is 0 Å². The molecule has 7 nitrogen and oxygen atoms in total. The zero-order chi connectivity index (χ0) is 24.2. The Bertz CT molecular complexity index is 1120. The minimum Gasteiger partial charge on any atom is -0.494 e. The molecule has 0 aliphatic carbocycles. The van der Waals surface area contributed by atoms with Gasteiger partial charge >= 0.3 is 5.97 Å². The molecule has 3 aromatic rings. The van der Waals surface area contributed by atoms with E-state index in [2.05, 4.69) is 17.1 Å². The van der Waals surface area contributed by atoms with Crippen molar-refractivity contribution in [2.24, 2.45) is 5.10 Å². The molecule has 1 amide bonds. The molecule has 1 N–H and O–H groups in total. The summed E-state index contributed by atoms with van der Waals surface area (Å²) in [5.74, 6) is 0.957. The van der Waals surface area contributed by atoms with E-state index in [1.54, 1.807) is 78.9 Å². The molecule has 34 heavy (non-hydrogen) atoms. The summed E-state index contributed by atoms with van der Waals surface area (Å²) < 4.78 is 16.3. The Balaban J connectivity index is 1.49. The number of ether oxygens (including phenoxy) is 3. The van der Waals surface area contributed by atoms with Gasteiger partial charge in [0.1, 0.15) is 23.9 Å². The predicted molar refractivity (Wildman–Crippen MR) is 131 cm³/mol. The second-order valence-electron chi connectivity index (χ2n) is 7.15. The molecule has 7 heteroatoms. The van der Waals surface area contributed by atoms with Crippen LogP contribution in [0.3, 0.4) is 0 Å². The minimum atomic E-state index is -0.461. The fourth-order valence-electron chi connectivity index (χ4n) is 2.78. The van der Waals surface area contributed by atoms with E-state index in [0.29, 0.717) is 41.6 Å². The first-order valence-electron chi connectivity index (χ1n) is 10.8. The number of hydrogen-bond donors (Lipinski definition) is 1. The zero-order valence-electron chi connectivity index (χ0n) is 18.9. The van der Waals surface area contributed by atoms with Gasteiger partial charge in [-0.05, 0) is 84.8 Å². The summed E-state index contributed by atoms with van der Waals surface area (Å²) in [5, 5.41) is 3.97. The SMILES string of the molecule is C=CCOc1ccc(C(=O)NN=Cc2ccc(OC(=O)c3ccc(OCCC)cc3)cc2)cc1. The average Bonchev–Trinajstić information content (AvgIpc) is 2.87. The van der Waals surface area contributed by atoms with Crippen molar-refractivity contribution < 1.29 is 23.8 Å². The monoisotopic (exact) mass is 458 g/mol. The minimum absolute atomic E-state index is 0.344. The van der Waals surface area contributed by atoms with Crippen molar-refractivity contribution in [1.29, 1.82) is 0 Å². The van der Waals surface area contributed by atoms with Gasteiger partial charge in [-0.15, -0.1) is 0 Å². The van der Waals surface area contributed by atoms with Gasteiger partial charge in [-0.25, -0.2) is 10.2 Å². The highest BCUT2D eigenvalue weighted by atomic mass is 16.5. The van der Waals surface area contributed by atoms with Gasteiger partial charge in [0.25, 0.3) is 5.91 Å². The fraction of sp³-hybridized carbons (Fsp3) is 0.148. The van der Waals surface area contributed by atoms with E-state index in [1.807, 2.05) is 6.92 Å². The number of hydrogen-bond acceptors (Lipinski definition) is 6. The van der Waals surface area contributed by atoms with Gasteiger partial charge in [-0.3, -0.25) is 4.79 Å². The number of nitrogens with zero attached hydrogens (tertiary/aromatic N) is 1. The van der Waals surface area contributed by atoms with E-state index in [0.717, 1.165) is 12.0 Å². The van der Waals surface area contributed by atoms with Crippen molar-refractivity contribution >= 4 is 18.1 Å². The van der Waals surface area contributed by atoms with Crippen LogP contribution in [-0.4, -0.2) is 31.3 Å². The molecule has 0 aliphatic heterocycles. The molecule has 0 aromatic heterocycles. The highest BCUT2D eigenvalue weighted by molar-refractivity contribution is 5.95. The zero-order valence-corrected chi connectivity index (χ0v) is 18.9. The van der Waals surface area contributed by atoms with Crippen molar-refractivity contribution in [2.45, 2.75) is 13.3 Å². The molecule has 174 valence electrons. The van der Waals surface area contributed by atoms with E-state index in [1.165, 1.54) is 6.21 Å². The Kier molecular flexibility index (Phi) is 8.99. The van der Waals surface area contributed by atoms with Gasteiger partial charge in [0.2, 0.25) is 0 Å². The van der Waals surface area contributed by atoms with Crippen LogP contribution < -0.4 is 19.6 Å². The first-order valence-corrected chi connectivity index (χ1v) is 10.8. The first kappa shape index (κ1) is 24.3. The summed E-state index contributed by atoms with van der Waals surface area (Å²) in [7, 11) is 0. The summed E-state index contributed by atoms with van der Waals surface area (Å²) in [6.45, 7) is 6.64. The quantitative estimate of drug-likeness (QED) is 0.143. The lowest BCUT2D eigenvalue weighted by atomic mass is 10.2. The normalized spacial score (nSPS) is 10.5. The van der Waals surface area contributed by atoms with E-state index in [4.69, 9.17) is 14.2 Å². The van der Waals surface area contributed by atoms with Gasteiger partial charge in [0.15, 0.2) is 0 Å². The Morgan fingerprint density at radius 2 is 1.44 bits per heavy atom. The lowest BCUT2D eigenvalue weighted by Gasteiger charge is -2.07. The van der Waals surface area contributed by atoms with Gasteiger partial charge in [-0.2, -0.15) is 5.10 Å². The maximum absolute atomic E-state index is 12.3. The third-order valence-electron chi connectivity index (χ3n) is 4.52. The van der Waals surface area contributed by atoms with Crippen molar-refractivity contribution in [3.05, 3.63) is 102 Å². The Hall–Kier alpha value is -4.39. The van der Waals surface area contributed by atoms with E-state index < -0.39 is 5.97 Å². The maximum Gasteiger partial charge on any atom is 0.343 e. The summed E-state index contributed by atoms with van der Waals surface area (Å²) in [6, 6.07) is 20.3. The van der Waals surface area contributed by atoms with Gasteiger partial charge in [-0.1, -0.05) is 19.6 Å². The number of hydrazone groups is 1. The molecular weight excluding hydrogens is 432 g/mol. The smallest absolute Gasteiger partial charge is 0.343 e. The largest absolute Gasteiger partial charge is 0.494 e. The number of carbonyl (C=O) groups is 2. The molecule has 0 unspecified atom stereocenters. The molecular formula is C27H26N2O5. The molecule has 3 rings (SSSR count). The maximum atomic E-state index is 12.3. The molecule has 0 heterocycles. The third-order valence-corrected chi connectivity index (χ3v) is 4.52. The Labute approximate surface area is 198 Å². The Morgan fingerprint density at radius 3 is 2.06 bits per heavy atom. The molecule has 0 atom stereocenters. The van der Waals surface area contributed by atoms with E-state index in [9.17, 15) is 9.59 Å². The van der Waals surface area contributed by atoms with Crippen molar-refractivity contribution in [3.8, 4) is 17.2 Å². The Morgan fingerprint density at radius 1 is 0.853 bits per heavy atom. The molecule has 0 aliphatic rings. The van der Waals surface area contributed by atoms with E-state index >= 15 is 0 Å². The van der Waals surface area contributed by atoms with Crippen molar-refractivity contribution in [2.75, 3.05) is 13.2 Å². The summed E-state index contributed by atoms with van der Waals surface area (Å²) in [5.41, 5.74) is 4.08. The lowest BCUT2D eigenvalue weighted by Crippen LogP contribution is -2.17. The molecule has 3 aromatic carbocycles. The highest BCUT2D eigenvalue weighted by Gasteiger charge is 2.09.